The Morgan fingerprint density at radius 2 is 2.00 bits per heavy atom. The Kier molecular flexibility index (Phi) is 5.21. The fourth-order valence-corrected chi connectivity index (χ4v) is 1.70. The summed E-state index contributed by atoms with van der Waals surface area (Å²) >= 11 is 1.12. The predicted molar refractivity (Wildman–Crippen MR) is 64.0 cm³/mol. The van der Waals surface area contributed by atoms with Gasteiger partial charge in [-0.25, -0.2) is 14.8 Å². The van der Waals surface area contributed by atoms with Crippen LogP contribution in [0.5, 0.6) is 0 Å². The number of carboxylic acid groups (broad SMARTS) is 2. The molecule has 1 aromatic rings. The van der Waals surface area contributed by atoms with Crippen LogP contribution in [-0.2, 0) is 4.79 Å². The Morgan fingerprint density at radius 1 is 1.37 bits per heavy atom. The first kappa shape index (κ1) is 15.3. The summed E-state index contributed by atoms with van der Waals surface area (Å²) in [6.45, 7) is 0. The van der Waals surface area contributed by atoms with Crippen LogP contribution in [0.4, 0.5) is 0 Å². The standard InChI is InChI=1S/C10H12N2O6S/c1-19-10-11-3-4(7(12-10)9(17)18)8(16)5(13)2-6(14)15/h3,5,8,13,16H,2H2,1H3,(H,14,15)(H,17,18). The molecule has 0 aliphatic heterocycles. The minimum atomic E-state index is -1.68. The molecule has 0 aliphatic rings. The summed E-state index contributed by atoms with van der Waals surface area (Å²) in [4.78, 5) is 29.0. The molecule has 4 N–H and O–H groups in total. The SMILES string of the molecule is CSc1ncc(C(O)C(O)CC(=O)O)c(C(=O)O)n1. The maximum atomic E-state index is 11.0. The van der Waals surface area contributed by atoms with Crippen molar-refractivity contribution in [3.63, 3.8) is 0 Å². The highest BCUT2D eigenvalue weighted by Gasteiger charge is 2.27. The van der Waals surface area contributed by atoms with E-state index in [-0.39, 0.29) is 10.7 Å². The van der Waals surface area contributed by atoms with Crippen molar-refractivity contribution in [3.8, 4) is 0 Å². The molecule has 0 spiro atoms. The predicted octanol–water partition coefficient (Wildman–Crippen LogP) is -0.234. The van der Waals surface area contributed by atoms with Crippen LogP contribution >= 0.6 is 11.8 Å². The van der Waals surface area contributed by atoms with Gasteiger partial charge < -0.3 is 20.4 Å². The first-order chi connectivity index (χ1) is 8.86. The number of aliphatic carboxylic acids is 1. The molecule has 8 nitrogen and oxygen atoms in total. The molecular formula is C10H12N2O6S. The third-order valence-corrected chi connectivity index (χ3v) is 2.81. The second kappa shape index (κ2) is 6.45. The number of hydrogen-bond donors (Lipinski definition) is 4. The minimum absolute atomic E-state index is 0.195. The Hall–Kier alpha value is -1.71. The lowest BCUT2D eigenvalue weighted by Crippen LogP contribution is -2.24. The maximum Gasteiger partial charge on any atom is 0.355 e. The monoisotopic (exact) mass is 288 g/mol. The number of nitrogens with zero attached hydrogens (tertiary/aromatic N) is 2. The molecule has 1 heterocycles. The van der Waals surface area contributed by atoms with E-state index in [0.29, 0.717) is 0 Å². The first-order valence-corrected chi connectivity index (χ1v) is 6.31. The van der Waals surface area contributed by atoms with E-state index in [1.165, 1.54) is 0 Å². The number of carbonyl (C=O) groups is 2. The first-order valence-electron chi connectivity index (χ1n) is 5.09. The van der Waals surface area contributed by atoms with Gasteiger partial charge in [0.1, 0.15) is 6.10 Å². The average Bonchev–Trinajstić information content (AvgIpc) is 2.36. The smallest absolute Gasteiger partial charge is 0.355 e. The van der Waals surface area contributed by atoms with Gasteiger partial charge in [-0.3, -0.25) is 4.79 Å². The van der Waals surface area contributed by atoms with E-state index in [2.05, 4.69) is 9.97 Å². The number of carboxylic acids is 2. The second-order valence-corrected chi connectivity index (χ2v) is 4.35. The number of thioether (sulfide) groups is 1. The van der Waals surface area contributed by atoms with Gasteiger partial charge in [0.15, 0.2) is 10.9 Å². The summed E-state index contributed by atoms with van der Waals surface area (Å²) in [7, 11) is 0. The summed E-state index contributed by atoms with van der Waals surface area (Å²) in [6.07, 6.45) is -1.32. The van der Waals surface area contributed by atoms with Gasteiger partial charge in [0, 0.05) is 11.8 Å². The molecule has 19 heavy (non-hydrogen) atoms. The molecule has 0 aliphatic carbocycles. The molecular weight excluding hydrogens is 276 g/mol. The molecule has 0 saturated carbocycles. The van der Waals surface area contributed by atoms with Crippen LogP contribution in [0.1, 0.15) is 28.6 Å². The van der Waals surface area contributed by atoms with Crippen molar-refractivity contribution in [2.45, 2.75) is 23.8 Å². The van der Waals surface area contributed by atoms with Crippen molar-refractivity contribution in [3.05, 3.63) is 17.5 Å². The molecule has 0 amide bonds. The summed E-state index contributed by atoms with van der Waals surface area (Å²) in [5.74, 6) is -2.71. The number of rotatable bonds is 6. The lowest BCUT2D eigenvalue weighted by atomic mass is 10.0. The molecule has 104 valence electrons. The van der Waals surface area contributed by atoms with Gasteiger partial charge in [0.05, 0.1) is 12.5 Å². The van der Waals surface area contributed by atoms with Crippen molar-refractivity contribution in [2.75, 3.05) is 6.26 Å². The van der Waals surface area contributed by atoms with Gasteiger partial charge in [-0.05, 0) is 6.26 Å². The molecule has 0 aromatic carbocycles. The average molecular weight is 288 g/mol. The van der Waals surface area contributed by atoms with Crippen molar-refractivity contribution < 1.29 is 30.0 Å². The minimum Gasteiger partial charge on any atom is -0.481 e. The molecule has 2 unspecified atom stereocenters. The Labute approximate surface area is 112 Å². The molecule has 0 saturated heterocycles. The third kappa shape index (κ3) is 3.88. The number of hydrogen-bond acceptors (Lipinski definition) is 7. The molecule has 0 fully saturated rings. The fraction of sp³-hybridized carbons (Fsp3) is 0.400. The van der Waals surface area contributed by atoms with E-state index in [1.54, 1.807) is 6.26 Å². The van der Waals surface area contributed by atoms with Crippen LogP contribution in [0.15, 0.2) is 11.4 Å². The van der Waals surface area contributed by atoms with E-state index < -0.39 is 36.3 Å². The molecule has 2 atom stereocenters. The van der Waals surface area contributed by atoms with Crippen molar-refractivity contribution in [1.29, 1.82) is 0 Å². The van der Waals surface area contributed by atoms with E-state index in [4.69, 9.17) is 10.2 Å². The van der Waals surface area contributed by atoms with E-state index >= 15 is 0 Å². The van der Waals surface area contributed by atoms with Crippen LogP contribution in [0.25, 0.3) is 0 Å². The van der Waals surface area contributed by atoms with Gasteiger partial charge >= 0.3 is 11.9 Å². The number of aliphatic hydroxyl groups is 2. The van der Waals surface area contributed by atoms with E-state index in [0.717, 1.165) is 18.0 Å². The van der Waals surface area contributed by atoms with E-state index in [1.807, 2.05) is 0 Å². The summed E-state index contributed by atoms with van der Waals surface area (Å²) in [5.41, 5.74) is -0.685. The van der Waals surface area contributed by atoms with Gasteiger partial charge in [-0.15, -0.1) is 0 Å². The number of aliphatic hydroxyl groups excluding tert-OH is 2. The lowest BCUT2D eigenvalue weighted by molar-refractivity contribution is -0.141. The molecule has 9 heteroatoms. The highest BCUT2D eigenvalue weighted by molar-refractivity contribution is 7.98. The quantitative estimate of drug-likeness (QED) is 0.412. The summed E-state index contributed by atoms with van der Waals surface area (Å²) in [6, 6.07) is 0. The molecule has 0 bridgehead atoms. The fourth-order valence-electron chi connectivity index (χ4n) is 1.36. The van der Waals surface area contributed by atoms with Crippen LogP contribution < -0.4 is 0 Å². The summed E-state index contributed by atoms with van der Waals surface area (Å²) < 4.78 is 0. The largest absolute Gasteiger partial charge is 0.481 e. The van der Waals surface area contributed by atoms with Crippen LogP contribution in [0.2, 0.25) is 0 Å². The van der Waals surface area contributed by atoms with Gasteiger partial charge in [0.25, 0.3) is 0 Å². The lowest BCUT2D eigenvalue weighted by Gasteiger charge is -2.17. The van der Waals surface area contributed by atoms with Gasteiger partial charge in [0.2, 0.25) is 0 Å². The zero-order valence-electron chi connectivity index (χ0n) is 9.85. The Bertz CT molecular complexity index is 495. The van der Waals surface area contributed by atoms with Gasteiger partial charge in [-0.2, -0.15) is 0 Å². The zero-order chi connectivity index (χ0) is 14.6. The highest BCUT2D eigenvalue weighted by Crippen LogP contribution is 2.23. The summed E-state index contributed by atoms with van der Waals surface area (Å²) in [5, 5.41) is 37.0. The van der Waals surface area contributed by atoms with Crippen LogP contribution in [-0.4, -0.2) is 54.7 Å². The topological polar surface area (TPSA) is 141 Å². The second-order valence-electron chi connectivity index (χ2n) is 3.58. The maximum absolute atomic E-state index is 11.0. The molecule has 1 aromatic heterocycles. The Balaban J connectivity index is 3.11. The molecule has 0 radical (unpaired) electrons. The van der Waals surface area contributed by atoms with E-state index in [9.17, 15) is 19.8 Å². The number of aromatic nitrogens is 2. The zero-order valence-corrected chi connectivity index (χ0v) is 10.7. The number of aromatic carboxylic acids is 1. The normalized spacial score (nSPS) is 13.8. The van der Waals surface area contributed by atoms with Crippen molar-refractivity contribution in [2.24, 2.45) is 0 Å². The third-order valence-electron chi connectivity index (χ3n) is 2.25. The highest BCUT2D eigenvalue weighted by atomic mass is 32.2. The van der Waals surface area contributed by atoms with Crippen molar-refractivity contribution in [1.82, 2.24) is 9.97 Å². The van der Waals surface area contributed by atoms with Crippen LogP contribution in [0, 0.1) is 0 Å². The molecule has 1 rings (SSSR count). The van der Waals surface area contributed by atoms with Crippen LogP contribution in [0.3, 0.4) is 0 Å². The Morgan fingerprint density at radius 3 is 2.47 bits per heavy atom. The van der Waals surface area contributed by atoms with Gasteiger partial charge in [-0.1, -0.05) is 11.8 Å². The van der Waals surface area contributed by atoms with Crippen molar-refractivity contribution >= 4 is 23.7 Å².